The van der Waals surface area contributed by atoms with Crippen molar-refractivity contribution in [3.63, 3.8) is 0 Å². The Balaban J connectivity index is 1.42. The number of nitrogens with zero attached hydrogens (tertiary/aromatic N) is 4. The quantitative estimate of drug-likeness (QED) is 0.714. The van der Waals surface area contributed by atoms with Gasteiger partial charge in [-0.25, -0.2) is 0 Å². The molecule has 4 rings (SSSR count). The molecular formula is C17H16N4O2S. The number of thiophene rings is 1. The highest BCUT2D eigenvalue weighted by Gasteiger charge is 2.34. The molecule has 0 radical (unpaired) electrons. The molecule has 0 saturated carbocycles. The molecular weight excluding hydrogens is 324 g/mol. The smallest absolute Gasteiger partial charge is 0.232 e. The van der Waals surface area contributed by atoms with Gasteiger partial charge in [-0.15, -0.1) is 11.3 Å². The van der Waals surface area contributed by atoms with Crippen LogP contribution in [-0.2, 0) is 11.2 Å². The summed E-state index contributed by atoms with van der Waals surface area (Å²) < 4.78 is 5.38. The maximum atomic E-state index is 12.2. The summed E-state index contributed by atoms with van der Waals surface area (Å²) in [5.74, 6) is 1.17. The van der Waals surface area contributed by atoms with Crippen molar-refractivity contribution in [2.45, 2.75) is 18.8 Å². The summed E-state index contributed by atoms with van der Waals surface area (Å²) in [6.07, 6.45) is 4.72. The van der Waals surface area contributed by atoms with Gasteiger partial charge < -0.3 is 9.42 Å². The van der Waals surface area contributed by atoms with E-state index in [0.29, 0.717) is 24.7 Å². The van der Waals surface area contributed by atoms with E-state index in [2.05, 4.69) is 26.6 Å². The summed E-state index contributed by atoms with van der Waals surface area (Å²) in [6, 6.07) is 7.85. The molecule has 0 aliphatic carbocycles. The Morgan fingerprint density at radius 2 is 2.29 bits per heavy atom. The van der Waals surface area contributed by atoms with Crippen molar-refractivity contribution in [2.24, 2.45) is 0 Å². The lowest BCUT2D eigenvalue weighted by atomic mass is 10.1. The van der Waals surface area contributed by atoms with Crippen LogP contribution < -0.4 is 0 Å². The molecule has 1 unspecified atom stereocenters. The van der Waals surface area contributed by atoms with E-state index in [-0.39, 0.29) is 11.8 Å². The number of aromatic nitrogens is 3. The lowest BCUT2D eigenvalue weighted by molar-refractivity contribution is -0.127. The van der Waals surface area contributed by atoms with Gasteiger partial charge in [-0.1, -0.05) is 11.2 Å². The van der Waals surface area contributed by atoms with E-state index in [1.54, 1.807) is 23.7 Å². The van der Waals surface area contributed by atoms with Gasteiger partial charge in [0.25, 0.3) is 0 Å². The van der Waals surface area contributed by atoms with Gasteiger partial charge in [-0.05, 0) is 30.0 Å². The van der Waals surface area contributed by atoms with Crippen molar-refractivity contribution in [3.8, 4) is 11.4 Å². The third kappa shape index (κ3) is 3.07. The number of likely N-dealkylation sites (tertiary alicyclic amines) is 1. The minimum atomic E-state index is -0.0289. The summed E-state index contributed by atoms with van der Waals surface area (Å²) >= 11 is 1.72. The van der Waals surface area contributed by atoms with Gasteiger partial charge in [0, 0.05) is 42.3 Å². The van der Waals surface area contributed by atoms with Gasteiger partial charge in [-0.2, -0.15) is 4.98 Å². The average molecular weight is 340 g/mol. The van der Waals surface area contributed by atoms with Crippen LogP contribution in [-0.4, -0.2) is 39.0 Å². The highest BCUT2D eigenvalue weighted by molar-refractivity contribution is 7.09. The minimum Gasteiger partial charge on any atom is -0.342 e. The van der Waals surface area contributed by atoms with Gasteiger partial charge in [-0.3, -0.25) is 9.78 Å². The van der Waals surface area contributed by atoms with E-state index < -0.39 is 0 Å². The third-order valence-corrected chi connectivity index (χ3v) is 5.07. The second kappa shape index (κ2) is 6.52. The van der Waals surface area contributed by atoms with Crippen molar-refractivity contribution in [1.29, 1.82) is 0 Å². The van der Waals surface area contributed by atoms with E-state index in [1.807, 2.05) is 23.1 Å². The predicted octanol–water partition coefficient (Wildman–Crippen LogP) is 2.75. The number of rotatable bonds is 5. The Kier molecular flexibility index (Phi) is 4.08. The first kappa shape index (κ1) is 15.0. The molecule has 7 heteroatoms. The average Bonchev–Trinajstić information content (AvgIpc) is 3.35. The van der Waals surface area contributed by atoms with Crippen molar-refractivity contribution in [3.05, 3.63) is 52.8 Å². The monoisotopic (exact) mass is 340 g/mol. The van der Waals surface area contributed by atoms with Crippen LogP contribution in [0.2, 0.25) is 0 Å². The maximum absolute atomic E-state index is 12.2. The molecule has 1 aliphatic heterocycles. The number of carbonyl (C=O) groups excluding carboxylic acids is 1. The van der Waals surface area contributed by atoms with Crippen molar-refractivity contribution in [1.82, 2.24) is 20.0 Å². The highest BCUT2D eigenvalue weighted by atomic mass is 32.1. The standard InChI is InChI=1S/C17H16N4O2S/c22-15-9-13(11-21(15)7-5-14-4-2-8-24-14)17-19-16(20-23-17)12-3-1-6-18-10-12/h1-4,6,8,10,13H,5,7,9,11H2. The molecule has 4 heterocycles. The van der Waals surface area contributed by atoms with Crippen LogP contribution in [0.15, 0.2) is 46.6 Å². The van der Waals surface area contributed by atoms with Crippen LogP contribution in [0.4, 0.5) is 0 Å². The molecule has 1 fully saturated rings. The largest absolute Gasteiger partial charge is 0.342 e. The second-order valence-electron chi connectivity index (χ2n) is 5.77. The first-order valence-corrected chi connectivity index (χ1v) is 8.72. The molecule has 0 bridgehead atoms. The Labute approximate surface area is 143 Å². The summed E-state index contributed by atoms with van der Waals surface area (Å²) in [5.41, 5.74) is 0.811. The maximum Gasteiger partial charge on any atom is 0.232 e. The van der Waals surface area contributed by atoms with Crippen molar-refractivity contribution < 1.29 is 9.32 Å². The number of carbonyl (C=O) groups is 1. The van der Waals surface area contributed by atoms with Gasteiger partial charge in [0.1, 0.15) is 0 Å². The van der Waals surface area contributed by atoms with Crippen LogP contribution in [0.3, 0.4) is 0 Å². The van der Waals surface area contributed by atoms with Crippen LogP contribution in [0.1, 0.15) is 23.1 Å². The Morgan fingerprint density at radius 3 is 3.08 bits per heavy atom. The zero-order chi connectivity index (χ0) is 16.4. The fourth-order valence-corrected chi connectivity index (χ4v) is 3.57. The molecule has 1 amide bonds. The highest BCUT2D eigenvalue weighted by Crippen LogP contribution is 2.28. The SMILES string of the molecule is O=C1CC(c2nc(-c3cccnc3)no2)CN1CCc1cccs1. The van der Waals surface area contributed by atoms with E-state index in [1.165, 1.54) is 4.88 Å². The lowest BCUT2D eigenvalue weighted by Gasteiger charge is -2.15. The van der Waals surface area contributed by atoms with E-state index >= 15 is 0 Å². The minimum absolute atomic E-state index is 0.0289. The number of hydrogen-bond acceptors (Lipinski definition) is 6. The van der Waals surface area contributed by atoms with Crippen LogP contribution >= 0.6 is 11.3 Å². The Hall–Kier alpha value is -2.54. The first-order valence-electron chi connectivity index (χ1n) is 7.84. The summed E-state index contributed by atoms with van der Waals surface area (Å²) in [7, 11) is 0. The Bertz CT molecular complexity index is 816. The zero-order valence-electron chi connectivity index (χ0n) is 13.0. The van der Waals surface area contributed by atoms with Crippen molar-refractivity contribution in [2.75, 3.05) is 13.1 Å². The van der Waals surface area contributed by atoms with E-state index in [0.717, 1.165) is 18.5 Å². The normalized spacial score (nSPS) is 17.6. The van der Waals surface area contributed by atoms with Crippen LogP contribution in [0.5, 0.6) is 0 Å². The molecule has 0 N–H and O–H groups in total. The molecule has 0 aromatic carbocycles. The van der Waals surface area contributed by atoms with Crippen molar-refractivity contribution >= 4 is 17.2 Å². The summed E-state index contributed by atoms with van der Waals surface area (Å²) in [5, 5.41) is 6.07. The first-order chi connectivity index (χ1) is 11.8. The van der Waals surface area contributed by atoms with E-state index in [9.17, 15) is 4.79 Å². The number of hydrogen-bond donors (Lipinski definition) is 0. The fraction of sp³-hybridized carbons (Fsp3) is 0.294. The molecule has 1 saturated heterocycles. The lowest BCUT2D eigenvalue weighted by Crippen LogP contribution is -2.27. The third-order valence-electron chi connectivity index (χ3n) is 4.13. The van der Waals surface area contributed by atoms with E-state index in [4.69, 9.17) is 4.52 Å². The molecule has 0 spiro atoms. The van der Waals surface area contributed by atoms with Crippen LogP contribution in [0.25, 0.3) is 11.4 Å². The molecule has 1 atom stereocenters. The predicted molar refractivity (Wildman–Crippen MR) is 89.5 cm³/mol. The van der Waals surface area contributed by atoms with Gasteiger partial charge >= 0.3 is 0 Å². The topological polar surface area (TPSA) is 72.1 Å². The molecule has 6 nitrogen and oxygen atoms in total. The molecule has 3 aromatic heterocycles. The number of pyridine rings is 1. The molecule has 122 valence electrons. The zero-order valence-corrected chi connectivity index (χ0v) is 13.8. The molecule has 1 aliphatic rings. The van der Waals surface area contributed by atoms with Gasteiger partial charge in [0.05, 0.1) is 5.92 Å². The number of amides is 1. The fourth-order valence-electron chi connectivity index (χ4n) is 2.87. The van der Waals surface area contributed by atoms with Gasteiger partial charge in [0.2, 0.25) is 17.6 Å². The van der Waals surface area contributed by atoms with Crippen LogP contribution in [0, 0.1) is 0 Å². The molecule has 24 heavy (non-hydrogen) atoms. The summed E-state index contributed by atoms with van der Waals surface area (Å²) in [6.45, 7) is 1.37. The molecule has 3 aromatic rings. The summed E-state index contributed by atoms with van der Waals surface area (Å²) in [4.78, 5) is 23.9. The van der Waals surface area contributed by atoms with Gasteiger partial charge in [0.15, 0.2) is 0 Å². The second-order valence-corrected chi connectivity index (χ2v) is 6.80. The Morgan fingerprint density at radius 1 is 1.33 bits per heavy atom.